The summed E-state index contributed by atoms with van der Waals surface area (Å²) >= 11 is 0. The van der Waals surface area contributed by atoms with Crippen molar-refractivity contribution in [2.24, 2.45) is 0 Å². The SMILES string of the molecule is CC(C)N(C(=O)CN1CCN(c2ccc([N+](=O)[O-])cc2)CC1)C(C)C. The molecule has 25 heavy (non-hydrogen) atoms. The van der Waals surface area contributed by atoms with E-state index >= 15 is 0 Å². The largest absolute Gasteiger partial charge is 0.369 e. The molecule has 0 saturated carbocycles. The predicted octanol–water partition coefficient (Wildman–Crippen LogP) is 2.36. The lowest BCUT2D eigenvalue weighted by atomic mass is 10.2. The van der Waals surface area contributed by atoms with Gasteiger partial charge < -0.3 is 9.80 Å². The highest BCUT2D eigenvalue weighted by atomic mass is 16.6. The third-order valence-corrected chi connectivity index (χ3v) is 4.56. The molecule has 1 amide bonds. The van der Waals surface area contributed by atoms with Gasteiger partial charge in [0, 0.05) is 56.1 Å². The molecule has 1 aromatic rings. The number of carbonyl (C=O) groups excluding carboxylic acids is 1. The summed E-state index contributed by atoms with van der Waals surface area (Å²) in [5, 5.41) is 10.7. The van der Waals surface area contributed by atoms with Gasteiger partial charge >= 0.3 is 0 Å². The van der Waals surface area contributed by atoms with Crippen molar-refractivity contribution in [3.8, 4) is 0 Å². The fourth-order valence-electron chi connectivity index (χ4n) is 3.39. The van der Waals surface area contributed by atoms with Crippen molar-refractivity contribution in [3.05, 3.63) is 34.4 Å². The Bertz CT molecular complexity index is 585. The Morgan fingerprint density at radius 3 is 2.04 bits per heavy atom. The number of rotatable bonds is 6. The molecule has 1 fully saturated rings. The van der Waals surface area contributed by atoms with E-state index in [1.165, 1.54) is 12.1 Å². The first-order valence-corrected chi connectivity index (χ1v) is 8.82. The molecule has 0 aliphatic carbocycles. The molecule has 1 aromatic carbocycles. The molecular weight excluding hydrogens is 320 g/mol. The molecule has 138 valence electrons. The van der Waals surface area contributed by atoms with Gasteiger partial charge in [-0.2, -0.15) is 0 Å². The number of nitro groups is 1. The monoisotopic (exact) mass is 348 g/mol. The van der Waals surface area contributed by atoms with Crippen molar-refractivity contribution < 1.29 is 9.72 Å². The van der Waals surface area contributed by atoms with E-state index in [-0.39, 0.29) is 28.6 Å². The van der Waals surface area contributed by atoms with Gasteiger partial charge in [-0.05, 0) is 39.8 Å². The van der Waals surface area contributed by atoms with E-state index < -0.39 is 0 Å². The molecule has 0 unspecified atom stereocenters. The van der Waals surface area contributed by atoms with Gasteiger partial charge in [0.25, 0.3) is 5.69 Å². The Labute approximate surface area is 149 Å². The number of benzene rings is 1. The number of carbonyl (C=O) groups is 1. The number of anilines is 1. The second-order valence-electron chi connectivity index (χ2n) is 7.03. The van der Waals surface area contributed by atoms with E-state index in [2.05, 4.69) is 9.80 Å². The van der Waals surface area contributed by atoms with Crippen molar-refractivity contribution in [2.75, 3.05) is 37.6 Å². The zero-order valence-electron chi connectivity index (χ0n) is 15.5. The maximum Gasteiger partial charge on any atom is 0.269 e. The number of piperazine rings is 1. The Kier molecular flexibility index (Phi) is 6.36. The zero-order valence-corrected chi connectivity index (χ0v) is 15.5. The Hall–Kier alpha value is -2.15. The summed E-state index contributed by atoms with van der Waals surface area (Å²) in [5.74, 6) is 0.175. The van der Waals surface area contributed by atoms with Gasteiger partial charge in [0.15, 0.2) is 0 Å². The van der Waals surface area contributed by atoms with Crippen molar-refractivity contribution in [2.45, 2.75) is 39.8 Å². The molecule has 0 spiro atoms. The Morgan fingerprint density at radius 2 is 1.60 bits per heavy atom. The van der Waals surface area contributed by atoms with Crippen LogP contribution in [0.25, 0.3) is 0 Å². The van der Waals surface area contributed by atoms with Crippen LogP contribution in [0.15, 0.2) is 24.3 Å². The molecule has 1 aliphatic rings. The van der Waals surface area contributed by atoms with E-state index in [1.54, 1.807) is 12.1 Å². The smallest absolute Gasteiger partial charge is 0.269 e. The van der Waals surface area contributed by atoms with Crippen LogP contribution in [0, 0.1) is 10.1 Å². The molecule has 1 heterocycles. The molecule has 0 radical (unpaired) electrons. The van der Waals surface area contributed by atoms with Crippen LogP contribution in [0.4, 0.5) is 11.4 Å². The third-order valence-electron chi connectivity index (χ3n) is 4.56. The second kappa shape index (κ2) is 8.29. The normalized spacial score (nSPS) is 15.7. The lowest BCUT2D eigenvalue weighted by Crippen LogP contribution is -2.52. The number of hydrogen-bond acceptors (Lipinski definition) is 5. The molecule has 0 atom stereocenters. The number of amides is 1. The number of hydrogen-bond donors (Lipinski definition) is 0. The van der Waals surface area contributed by atoms with Crippen LogP contribution < -0.4 is 4.90 Å². The lowest BCUT2D eigenvalue weighted by Gasteiger charge is -2.38. The highest BCUT2D eigenvalue weighted by molar-refractivity contribution is 5.78. The van der Waals surface area contributed by atoms with E-state index in [1.807, 2.05) is 32.6 Å². The molecule has 1 aliphatic heterocycles. The third kappa shape index (κ3) is 4.92. The first kappa shape index (κ1) is 19.2. The average Bonchev–Trinajstić information content (AvgIpc) is 2.55. The molecule has 1 saturated heterocycles. The Morgan fingerprint density at radius 1 is 1.08 bits per heavy atom. The molecule has 0 N–H and O–H groups in total. The second-order valence-corrected chi connectivity index (χ2v) is 7.03. The summed E-state index contributed by atoms with van der Waals surface area (Å²) in [5.41, 5.74) is 1.10. The van der Waals surface area contributed by atoms with E-state index in [0.29, 0.717) is 6.54 Å². The molecule has 7 heteroatoms. The molecule has 7 nitrogen and oxygen atoms in total. The number of nitro benzene ring substituents is 1. The fourth-order valence-corrected chi connectivity index (χ4v) is 3.39. The van der Waals surface area contributed by atoms with Crippen molar-refractivity contribution in [1.29, 1.82) is 0 Å². The van der Waals surface area contributed by atoms with Gasteiger partial charge in [0.2, 0.25) is 5.91 Å². The van der Waals surface area contributed by atoms with Gasteiger partial charge in [0.05, 0.1) is 11.5 Å². The van der Waals surface area contributed by atoms with Crippen LogP contribution in [0.3, 0.4) is 0 Å². The minimum atomic E-state index is -0.386. The number of nitrogens with zero attached hydrogens (tertiary/aromatic N) is 4. The molecule has 0 bridgehead atoms. The summed E-state index contributed by atoms with van der Waals surface area (Å²) < 4.78 is 0. The maximum absolute atomic E-state index is 12.6. The highest BCUT2D eigenvalue weighted by Crippen LogP contribution is 2.20. The lowest BCUT2D eigenvalue weighted by molar-refractivity contribution is -0.384. The van der Waals surface area contributed by atoms with Crippen LogP contribution in [0.5, 0.6) is 0 Å². The van der Waals surface area contributed by atoms with Crippen LogP contribution in [-0.4, -0.2) is 65.4 Å². The van der Waals surface area contributed by atoms with E-state index in [9.17, 15) is 14.9 Å². The molecule has 0 aromatic heterocycles. The van der Waals surface area contributed by atoms with E-state index in [0.717, 1.165) is 31.9 Å². The highest BCUT2D eigenvalue weighted by Gasteiger charge is 2.24. The predicted molar refractivity (Wildman–Crippen MR) is 98.9 cm³/mol. The van der Waals surface area contributed by atoms with Crippen LogP contribution in [0.2, 0.25) is 0 Å². The van der Waals surface area contributed by atoms with Crippen molar-refractivity contribution in [3.63, 3.8) is 0 Å². The minimum absolute atomic E-state index is 0.107. The van der Waals surface area contributed by atoms with Crippen LogP contribution in [-0.2, 0) is 4.79 Å². The zero-order chi connectivity index (χ0) is 18.6. The summed E-state index contributed by atoms with van der Waals surface area (Å²) in [6.45, 7) is 11.9. The van der Waals surface area contributed by atoms with Gasteiger partial charge in [-0.15, -0.1) is 0 Å². The first-order valence-electron chi connectivity index (χ1n) is 8.82. The summed E-state index contributed by atoms with van der Waals surface area (Å²) in [6.07, 6.45) is 0. The van der Waals surface area contributed by atoms with Gasteiger partial charge in [-0.25, -0.2) is 0 Å². The first-order chi connectivity index (χ1) is 11.8. The standard InChI is InChI=1S/C18H28N4O3/c1-14(2)21(15(3)4)18(23)13-19-9-11-20(12-10-19)16-5-7-17(8-6-16)22(24)25/h5-8,14-15H,9-13H2,1-4H3. The Balaban J connectivity index is 1.89. The van der Waals surface area contributed by atoms with Crippen LogP contribution >= 0.6 is 0 Å². The molecular formula is C18H28N4O3. The summed E-state index contributed by atoms with van der Waals surface area (Å²) in [6, 6.07) is 7.06. The molecule has 2 rings (SSSR count). The van der Waals surface area contributed by atoms with Crippen molar-refractivity contribution in [1.82, 2.24) is 9.80 Å². The summed E-state index contributed by atoms with van der Waals surface area (Å²) in [7, 11) is 0. The van der Waals surface area contributed by atoms with Gasteiger partial charge in [0.1, 0.15) is 0 Å². The van der Waals surface area contributed by atoms with Gasteiger partial charge in [-0.1, -0.05) is 0 Å². The number of non-ortho nitro benzene ring substituents is 1. The van der Waals surface area contributed by atoms with Crippen LogP contribution in [0.1, 0.15) is 27.7 Å². The average molecular weight is 348 g/mol. The van der Waals surface area contributed by atoms with Crippen molar-refractivity contribution >= 4 is 17.3 Å². The quantitative estimate of drug-likeness (QED) is 0.583. The minimum Gasteiger partial charge on any atom is -0.369 e. The topological polar surface area (TPSA) is 69.9 Å². The fraction of sp³-hybridized carbons (Fsp3) is 0.611. The van der Waals surface area contributed by atoms with E-state index in [4.69, 9.17) is 0 Å². The maximum atomic E-state index is 12.6. The summed E-state index contributed by atoms with van der Waals surface area (Å²) in [4.78, 5) is 29.2. The van der Waals surface area contributed by atoms with Gasteiger partial charge in [-0.3, -0.25) is 19.8 Å².